The van der Waals surface area contributed by atoms with Gasteiger partial charge in [-0.3, -0.25) is 0 Å². The first kappa shape index (κ1) is 15.0. The largest absolute Gasteiger partial charge is 0.491 e. The number of aliphatic hydroxyl groups excluding tert-OH is 2. The minimum Gasteiger partial charge on any atom is -0.491 e. The number of hydrogen-bond acceptors (Lipinski definition) is 4. The van der Waals surface area contributed by atoms with E-state index < -0.39 is 12.2 Å². The van der Waals surface area contributed by atoms with Crippen LogP contribution < -0.4 is 4.74 Å². The second-order valence-corrected chi connectivity index (χ2v) is 4.59. The zero-order valence-corrected chi connectivity index (χ0v) is 11.2. The van der Waals surface area contributed by atoms with Crippen molar-refractivity contribution in [1.82, 2.24) is 0 Å². The molecular weight excluding hydrogens is 232 g/mol. The summed E-state index contributed by atoms with van der Waals surface area (Å²) in [6, 6.07) is 7.16. The molecule has 18 heavy (non-hydrogen) atoms. The average Bonchev–Trinajstić information content (AvgIpc) is 2.34. The zero-order valence-electron chi connectivity index (χ0n) is 11.2. The summed E-state index contributed by atoms with van der Waals surface area (Å²) in [5.41, 5.74) is 0.839. The van der Waals surface area contributed by atoms with Gasteiger partial charge in [-0.15, -0.1) is 0 Å². The maximum atomic E-state index is 9.61. The van der Waals surface area contributed by atoms with Crippen LogP contribution in [-0.4, -0.2) is 35.6 Å². The van der Waals surface area contributed by atoms with Gasteiger partial charge in [0.05, 0.1) is 18.8 Å². The molecule has 1 aromatic rings. The van der Waals surface area contributed by atoms with E-state index in [4.69, 9.17) is 9.47 Å². The Morgan fingerprint density at radius 2 is 1.61 bits per heavy atom. The number of benzene rings is 1. The number of hydrogen-bond donors (Lipinski definition) is 2. The van der Waals surface area contributed by atoms with Crippen molar-refractivity contribution in [2.45, 2.75) is 39.1 Å². The van der Waals surface area contributed by atoms with Gasteiger partial charge >= 0.3 is 0 Å². The molecule has 0 bridgehead atoms. The lowest BCUT2D eigenvalue weighted by Crippen LogP contribution is -2.25. The summed E-state index contributed by atoms with van der Waals surface area (Å²) in [6.07, 6.45) is -1.02. The van der Waals surface area contributed by atoms with Crippen LogP contribution in [0.4, 0.5) is 0 Å². The van der Waals surface area contributed by atoms with Crippen molar-refractivity contribution in [3.63, 3.8) is 0 Å². The van der Waals surface area contributed by atoms with Crippen LogP contribution in [0.25, 0.3) is 0 Å². The Morgan fingerprint density at radius 1 is 1.00 bits per heavy atom. The molecule has 1 rings (SSSR count). The van der Waals surface area contributed by atoms with Crippen LogP contribution in [0.15, 0.2) is 24.3 Å². The maximum absolute atomic E-state index is 9.61. The van der Waals surface area contributed by atoms with Crippen molar-refractivity contribution in [2.75, 3.05) is 13.2 Å². The minimum absolute atomic E-state index is 0.102. The third-order valence-corrected chi connectivity index (χ3v) is 2.43. The van der Waals surface area contributed by atoms with Gasteiger partial charge in [0.15, 0.2) is 0 Å². The van der Waals surface area contributed by atoms with E-state index >= 15 is 0 Å². The molecule has 0 amide bonds. The first-order valence-electron chi connectivity index (χ1n) is 6.19. The molecule has 0 aliphatic heterocycles. The molecule has 0 heterocycles. The third kappa shape index (κ3) is 5.49. The van der Waals surface area contributed by atoms with Gasteiger partial charge in [0.1, 0.15) is 18.5 Å². The van der Waals surface area contributed by atoms with Crippen molar-refractivity contribution in [1.29, 1.82) is 0 Å². The van der Waals surface area contributed by atoms with Crippen LogP contribution in [0, 0.1) is 0 Å². The Bertz CT molecular complexity index is 332. The maximum Gasteiger partial charge on any atom is 0.119 e. The van der Waals surface area contributed by atoms with E-state index in [1.807, 2.05) is 13.8 Å². The fourth-order valence-electron chi connectivity index (χ4n) is 1.39. The Labute approximate surface area is 108 Å². The molecule has 0 saturated heterocycles. The van der Waals surface area contributed by atoms with Crippen LogP contribution in [0.1, 0.15) is 32.4 Å². The summed E-state index contributed by atoms with van der Waals surface area (Å²) in [6.45, 7) is 6.01. The fraction of sp³-hybridized carbons (Fsp3) is 0.571. The summed E-state index contributed by atoms with van der Waals surface area (Å²) in [5, 5.41) is 19.0. The monoisotopic (exact) mass is 254 g/mol. The van der Waals surface area contributed by atoms with Gasteiger partial charge in [-0.25, -0.2) is 0 Å². The van der Waals surface area contributed by atoms with E-state index in [0.29, 0.717) is 5.75 Å². The van der Waals surface area contributed by atoms with Crippen molar-refractivity contribution < 1.29 is 19.7 Å². The second kappa shape index (κ2) is 7.36. The molecular formula is C14H22O4. The van der Waals surface area contributed by atoms with Gasteiger partial charge in [0.2, 0.25) is 0 Å². The van der Waals surface area contributed by atoms with Crippen LogP contribution in [-0.2, 0) is 4.74 Å². The number of aliphatic hydroxyl groups is 2. The van der Waals surface area contributed by atoms with Crippen molar-refractivity contribution in [3.05, 3.63) is 29.8 Å². The van der Waals surface area contributed by atoms with Crippen LogP contribution in [0.3, 0.4) is 0 Å². The van der Waals surface area contributed by atoms with Crippen LogP contribution >= 0.6 is 0 Å². The van der Waals surface area contributed by atoms with Gasteiger partial charge in [-0.2, -0.15) is 0 Å². The molecule has 4 nitrogen and oxygen atoms in total. The minimum atomic E-state index is -0.635. The smallest absolute Gasteiger partial charge is 0.119 e. The lowest BCUT2D eigenvalue weighted by atomic mass is 10.1. The third-order valence-electron chi connectivity index (χ3n) is 2.43. The van der Waals surface area contributed by atoms with E-state index in [2.05, 4.69) is 0 Å². The van der Waals surface area contributed by atoms with Crippen molar-refractivity contribution in [3.8, 4) is 5.75 Å². The van der Waals surface area contributed by atoms with E-state index in [1.54, 1.807) is 31.2 Å². The Balaban J connectivity index is 2.34. The van der Waals surface area contributed by atoms with Crippen molar-refractivity contribution in [2.24, 2.45) is 0 Å². The molecule has 2 N–H and O–H groups in total. The SMILES string of the molecule is CC(C)OCC(O)COc1ccc(C(C)O)cc1. The predicted molar refractivity (Wildman–Crippen MR) is 69.7 cm³/mol. The van der Waals surface area contributed by atoms with Crippen LogP contribution in [0.2, 0.25) is 0 Å². The topological polar surface area (TPSA) is 58.9 Å². The van der Waals surface area contributed by atoms with Gasteiger partial charge in [-0.1, -0.05) is 12.1 Å². The highest BCUT2D eigenvalue weighted by molar-refractivity contribution is 5.28. The molecule has 4 heteroatoms. The lowest BCUT2D eigenvalue weighted by Gasteiger charge is -2.14. The summed E-state index contributed by atoms with van der Waals surface area (Å²) in [4.78, 5) is 0. The summed E-state index contributed by atoms with van der Waals surface area (Å²) >= 11 is 0. The van der Waals surface area contributed by atoms with E-state index in [9.17, 15) is 10.2 Å². The molecule has 2 atom stereocenters. The molecule has 0 spiro atoms. The van der Waals surface area contributed by atoms with E-state index in [-0.39, 0.29) is 19.3 Å². The molecule has 0 saturated carbocycles. The van der Waals surface area contributed by atoms with Gasteiger partial charge in [0, 0.05) is 0 Å². The molecule has 0 radical (unpaired) electrons. The zero-order chi connectivity index (χ0) is 13.5. The highest BCUT2D eigenvalue weighted by Crippen LogP contribution is 2.17. The quantitative estimate of drug-likeness (QED) is 0.780. The Kier molecular flexibility index (Phi) is 6.12. The lowest BCUT2D eigenvalue weighted by molar-refractivity contribution is -0.0122. The first-order chi connectivity index (χ1) is 8.49. The number of rotatable bonds is 7. The highest BCUT2D eigenvalue weighted by atomic mass is 16.5. The molecule has 102 valence electrons. The van der Waals surface area contributed by atoms with Crippen LogP contribution in [0.5, 0.6) is 5.75 Å². The van der Waals surface area contributed by atoms with Gasteiger partial charge in [-0.05, 0) is 38.5 Å². The summed E-state index contributed by atoms with van der Waals surface area (Å²) < 4.78 is 10.7. The predicted octanol–water partition coefficient (Wildman–Crippen LogP) is 1.90. The summed E-state index contributed by atoms with van der Waals surface area (Å²) in [5.74, 6) is 0.669. The highest BCUT2D eigenvalue weighted by Gasteiger charge is 2.07. The first-order valence-corrected chi connectivity index (χ1v) is 6.19. The van der Waals surface area contributed by atoms with Gasteiger partial charge in [0.25, 0.3) is 0 Å². The van der Waals surface area contributed by atoms with E-state index in [1.165, 1.54) is 0 Å². The van der Waals surface area contributed by atoms with E-state index in [0.717, 1.165) is 5.56 Å². The standard InChI is InChI=1S/C14H22O4/c1-10(2)17-8-13(16)9-18-14-6-4-12(5-7-14)11(3)15/h4-7,10-11,13,15-16H,8-9H2,1-3H3. The Hall–Kier alpha value is -1.10. The van der Waals surface area contributed by atoms with Crippen molar-refractivity contribution >= 4 is 0 Å². The molecule has 0 aromatic heterocycles. The average molecular weight is 254 g/mol. The molecule has 0 aliphatic carbocycles. The normalized spacial score (nSPS) is 14.6. The van der Waals surface area contributed by atoms with Gasteiger partial charge < -0.3 is 19.7 Å². The molecule has 2 unspecified atom stereocenters. The molecule has 0 fully saturated rings. The fourth-order valence-corrected chi connectivity index (χ4v) is 1.39. The second-order valence-electron chi connectivity index (χ2n) is 4.59. The molecule has 0 aliphatic rings. The number of ether oxygens (including phenoxy) is 2. The summed E-state index contributed by atoms with van der Waals surface area (Å²) in [7, 11) is 0. The molecule has 1 aromatic carbocycles. The Morgan fingerprint density at radius 3 is 2.11 bits per heavy atom.